The molecule has 31 heavy (non-hydrogen) atoms. The third-order valence-electron chi connectivity index (χ3n) is 6.49. The molecule has 0 amide bonds. The molecule has 2 aliphatic heterocycles. The first-order chi connectivity index (χ1) is 15.1. The zero-order valence-electron chi connectivity index (χ0n) is 18.1. The third kappa shape index (κ3) is 4.77. The molecule has 0 unspecified atom stereocenters. The van der Waals surface area contributed by atoms with Gasteiger partial charge in [0.15, 0.2) is 5.96 Å². The highest BCUT2D eigenvalue weighted by Gasteiger charge is 2.35. The minimum absolute atomic E-state index is 0.173. The van der Waals surface area contributed by atoms with Crippen LogP contribution in [0.3, 0.4) is 0 Å². The van der Waals surface area contributed by atoms with Gasteiger partial charge in [-0.25, -0.2) is 4.39 Å². The number of phenols is 1. The second-order valence-corrected chi connectivity index (χ2v) is 8.27. The molecule has 166 valence electrons. The van der Waals surface area contributed by atoms with E-state index in [0.29, 0.717) is 25.5 Å². The van der Waals surface area contributed by atoms with Crippen molar-refractivity contribution in [3.63, 3.8) is 0 Å². The molecule has 2 heterocycles. The minimum Gasteiger partial charge on any atom is -0.506 e. The second-order valence-electron chi connectivity index (χ2n) is 8.27. The number of hydrogen-bond acceptors (Lipinski definition) is 4. The Morgan fingerprint density at radius 1 is 1.10 bits per heavy atom. The molecule has 6 nitrogen and oxygen atoms in total. The summed E-state index contributed by atoms with van der Waals surface area (Å²) >= 11 is 0. The number of phenolic OH excluding ortho intramolecular Hbond substituents is 1. The van der Waals surface area contributed by atoms with E-state index in [2.05, 4.69) is 20.1 Å². The van der Waals surface area contributed by atoms with Gasteiger partial charge in [-0.05, 0) is 42.7 Å². The number of ether oxygens (including phenoxy) is 1. The maximum Gasteiger partial charge on any atom is 0.193 e. The van der Waals surface area contributed by atoms with Crippen LogP contribution in [0.1, 0.15) is 18.4 Å². The lowest BCUT2D eigenvalue weighted by Crippen LogP contribution is -2.55. The maximum absolute atomic E-state index is 13.9. The summed E-state index contributed by atoms with van der Waals surface area (Å²) in [6.45, 7) is 5.27. The molecule has 0 atom stereocenters. The van der Waals surface area contributed by atoms with Crippen LogP contribution in [-0.4, -0.2) is 69.0 Å². The number of piperazine rings is 1. The van der Waals surface area contributed by atoms with Gasteiger partial charge in [0.05, 0.1) is 5.69 Å². The molecule has 0 spiro atoms. The molecule has 0 saturated carbocycles. The Labute approximate surface area is 183 Å². The summed E-state index contributed by atoms with van der Waals surface area (Å²) in [7, 11) is 1.80. The molecular weight excluding hydrogens is 395 g/mol. The molecule has 4 rings (SSSR count). The maximum atomic E-state index is 13.9. The largest absolute Gasteiger partial charge is 0.506 e. The molecule has 2 aromatic carbocycles. The second kappa shape index (κ2) is 9.56. The molecule has 0 bridgehead atoms. The molecule has 7 heteroatoms. The van der Waals surface area contributed by atoms with Crippen LogP contribution in [0.15, 0.2) is 53.5 Å². The number of anilines is 1. The molecule has 0 radical (unpaired) electrons. The van der Waals surface area contributed by atoms with E-state index in [9.17, 15) is 9.50 Å². The standard InChI is InChI=1S/C24H31FN4O2/c1-26-23(29-13-11-28(12-14-29)21-7-2-3-8-22(21)30)27-18-24(9-15-31-16-10-24)19-5-4-6-20(25)17-19/h2-8,17,30H,9-16,18H2,1H3,(H,26,27). The number of aromatic hydroxyl groups is 1. The first-order valence-electron chi connectivity index (χ1n) is 10.9. The first kappa shape index (κ1) is 21.4. The summed E-state index contributed by atoms with van der Waals surface area (Å²) in [5.74, 6) is 0.974. The number of nitrogens with one attached hydrogen (secondary N) is 1. The van der Waals surface area contributed by atoms with E-state index >= 15 is 0 Å². The smallest absolute Gasteiger partial charge is 0.193 e. The van der Waals surface area contributed by atoms with Crippen molar-refractivity contribution < 1.29 is 14.2 Å². The third-order valence-corrected chi connectivity index (χ3v) is 6.49. The van der Waals surface area contributed by atoms with Gasteiger partial charge in [0.1, 0.15) is 11.6 Å². The van der Waals surface area contributed by atoms with Gasteiger partial charge in [-0.15, -0.1) is 0 Å². The van der Waals surface area contributed by atoms with Gasteiger partial charge in [0.2, 0.25) is 0 Å². The van der Waals surface area contributed by atoms with Crippen molar-refractivity contribution in [2.45, 2.75) is 18.3 Å². The van der Waals surface area contributed by atoms with E-state index in [-0.39, 0.29) is 11.2 Å². The number of benzene rings is 2. The lowest BCUT2D eigenvalue weighted by molar-refractivity contribution is 0.0510. The van der Waals surface area contributed by atoms with Crippen LogP contribution in [0.5, 0.6) is 5.75 Å². The molecule has 0 aliphatic carbocycles. The summed E-state index contributed by atoms with van der Waals surface area (Å²) < 4.78 is 19.5. The van der Waals surface area contributed by atoms with Crippen molar-refractivity contribution in [3.05, 3.63) is 59.9 Å². The Morgan fingerprint density at radius 2 is 1.84 bits per heavy atom. The predicted molar refractivity (Wildman–Crippen MR) is 121 cm³/mol. The Kier molecular flexibility index (Phi) is 6.61. The fraction of sp³-hybridized carbons (Fsp3) is 0.458. The van der Waals surface area contributed by atoms with Crippen LogP contribution in [0.2, 0.25) is 0 Å². The van der Waals surface area contributed by atoms with Crippen molar-refractivity contribution in [1.29, 1.82) is 0 Å². The van der Waals surface area contributed by atoms with Crippen molar-refractivity contribution in [2.75, 3.05) is 57.9 Å². The summed E-state index contributed by atoms with van der Waals surface area (Å²) in [5, 5.41) is 13.7. The lowest BCUT2D eigenvalue weighted by Gasteiger charge is -2.41. The normalized spacial score (nSPS) is 19.4. The minimum atomic E-state index is -0.201. The predicted octanol–water partition coefficient (Wildman–Crippen LogP) is 2.98. The number of halogens is 1. The molecule has 2 N–H and O–H groups in total. The summed E-state index contributed by atoms with van der Waals surface area (Å²) in [6.07, 6.45) is 1.70. The van der Waals surface area contributed by atoms with Crippen molar-refractivity contribution in [3.8, 4) is 5.75 Å². The van der Waals surface area contributed by atoms with Gasteiger partial charge in [-0.1, -0.05) is 24.3 Å². The van der Waals surface area contributed by atoms with Gasteiger partial charge in [-0.2, -0.15) is 0 Å². The van der Waals surface area contributed by atoms with Crippen LogP contribution in [0.25, 0.3) is 0 Å². The number of rotatable bonds is 4. The van der Waals surface area contributed by atoms with E-state index < -0.39 is 0 Å². The molecule has 2 fully saturated rings. The SMILES string of the molecule is CN=C(NCC1(c2cccc(F)c2)CCOCC1)N1CCN(c2ccccc2O)CC1. The average molecular weight is 427 g/mol. The number of hydrogen-bond donors (Lipinski definition) is 2. The Balaban J connectivity index is 1.41. The molecular formula is C24H31FN4O2. The number of aliphatic imine (C=N–C) groups is 1. The van der Waals surface area contributed by atoms with Crippen LogP contribution in [0, 0.1) is 5.82 Å². The molecule has 2 aliphatic rings. The van der Waals surface area contributed by atoms with Crippen LogP contribution in [-0.2, 0) is 10.2 Å². The van der Waals surface area contributed by atoms with E-state index in [1.165, 1.54) is 6.07 Å². The topological polar surface area (TPSA) is 60.3 Å². The van der Waals surface area contributed by atoms with E-state index in [1.807, 2.05) is 24.3 Å². The van der Waals surface area contributed by atoms with Crippen LogP contribution < -0.4 is 10.2 Å². The van der Waals surface area contributed by atoms with E-state index in [1.54, 1.807) is 25.2 Å². The van der Waals surface area contributed by atoms with Gasteiger partial charge < -0.3 is 25.0 Å². The summed E-state index contributed by atoms with van der Waals surface area (Å²) in [5.41, 5.74) is 1.72. The number of nitrogens with zero attached hydrogens (tertiary/aromatic N) is 3. The lowest BCUT2D eigenvalue weighted by atomic mass is 9.74. The molecule has 0 aromatic heterocycles. The van der Waals surface area contributed by atoms with Gasteiger partial charge in [0, 0.05) is 58.4 Å². The molecule has 2 saturated heterocycles. The van der Waals surface area contributed by atoms with E-state index in [4.69, 9.17) is 4.74 Å². The summed E-state index contributed by atoms with van der Waals surface area (Å²) in [6, 6.07) is 14.4. The Hall–Kier alpha value is -2.80. The highest BCUT2D eigenvalue weighted by atomic mass is 19.1. The van der Waals surface area contributed by atoms with Gasteiger partial charge in [0.25, 0.3) is 0 Å². The van der Waals surface area contributed by atoms with Gasteiger partial charge >= 0.3 is 0 Å². The van der Waals surface area contributed by atoms with Crippen molar-refractivity contribution in [1.82, 2.24) is 10.2 Å². The molecule has 2 aromatic rings. The number of para-hydroxylation sites is 2. The zero-order valence-corrected chi connectivity index (χ0v) is 18.1. The van der Waals surface area contributed by atoms with Crippen LogP contribution >= 0.6 is 0 Å². The fourth-order valence-electron chi connectivity index (χ4n) is 4.62. The van der Waals surface area contributed by atoms with E-state index in [0.717, 1.165) is 56.2 Å². The monoisotopic (exact) mass is 426 g/mol. The quantitative estimate of drug-likeness (QED) is 0.582. The Morgan fingerprint density at radius 3 is 2.52 bits per heavy atom. The van der Waals surface area contributed by atoms with Crippen LogP contribution in [0.4, 0.5) is 10.1 Å². The Bertz CT molecular complexity index is 906. The zero-order chi connectivity index (χ0) is 21.7. The highest BCUT2D eigenvalue weighted by molar-refractivity contribution is 5.80. The first-order valence-corrected chi connectivity index (χ1v) is 10.9. The van der Waals surface area contributed by atoms with Crippen molar-refractivity contribution in [2.24, 2.45) is 4.99 Å². The van der Waals surface area contributed by atoms with Gasteiger partial charge in [-0.3, -0.25) is 4.99 Å². The summed E-state index contributed by atoms with van der Waals surface area (Å²) in [4.78, 5) is 8.96. The highest BCUT2D eigenvalue weighted by Crippen LogP contribution is 2.35. The van der Waals surface area contributed by atoms with Crippen molar-refractivity contribution >= 4 is 11.6 Å². The number of guanidine groups is 1. The average Bonchev–Trinajstić information content (AvgIpc) is 2.81. The fourth-order valence-corrected chi connectivity index (χ4v) is 4.62.